The number of rotatable bonds is 3. The molecule has 2 N–H and O–H groups in total. The molecule has 0 heterocycles. The van der Waals surface area contributed by atoms with Crippen molar-refractivity contribution in [3.63, 3.8) is 0 Å². The molecule has 2 rings (SSSR count). The number of nitrogens with two attached hydrogens (primary N) is 1. The van der Waals surface area contributed by atoms with Crippen molar-refractivity contribution >= 4 is 0 Å². The summed E-state index contributed by atoms with van der Waals surface area (Å²) in [5, 5.41) is 0. The normalized spacial score (nSPS) is 26.9. The molecule has 0 saturated heterocycles. The van der Waals surface area contributed by atoms with Crippen LogP contribution in [0, 0.1) is 18.8 Å². The molecule has 3 atom stereocenters. The summed E-state index contributed by atoms with van der Waals surface area (Å²) >= 11 is 0. The van der Waals surface area contributed by atoms with Crippen molar-refractivity contribution in [1.82, 2.24) is 0 Å². The van der Waals surface area contributed by atoms with Crippen molar-refractivity contribution in [2.24, 2.45) is 17.6 Å². The SMILES string of the molecule is Cc1cccc(CC(N)C2CCCC2C)c1. The molecule has 1 fully saturated rings. The van der Waals surface area contributed by atoms with Crippen molar-refractivity contribution in [1.29, 1.82) is 0 Å². The Balaban J connectivity index is 1.99. The number of benzene rings is 1. The van der Waals surface area contributed by atoms with E-state index in [1.165, 1.54) is 30.4 Å². The highest BCUT2D eigenvalue weighted by atomic mass is 14.7. The molecule has 1 saturated carbocycles. The van der Waals surface area contributed by atoms with Gasteiger partial charge in [-0.1, -0.05) is 49.6 Å². The first kappa shape index (κ1) is 11.7. The second-order valence-corrected chi connectivity index (χ2v) is 5.43. The van der Waals surface area contributed by atoms with Gasteiger partial charge in [0.1, 0.15) is 0 Å². The summed E-state index contributed by atoms with van der Waals surface area (Å²) in [6, 6.07) is 9.09. The zero-order chi connectivity index (χ0) is 11.5. The first-order chi connectivity index (χ1) is 7.66. The zero-order valence-electron chi connectivity index (χ0n) is 10.4. The molecule has 0 spiro atoms. The standard InChI is InChI=1S/C15H23N/c1-11-5-3-7-13(9-11)10-15(16)14-8-4-6-12(14)2/h3,5,7,9,12,14-15H,4,6,8,10,16H2,1-2H3. The fourth-order valence-electron chi connectivity index (χ4n) is 3.07. The minimum Gasteiger partial charge on any atom is -0.327 e. The van der Waals surface area contributed by atoms with Gasteiger partial charge in [0.2, 0.25) is 0 Å². The molecular formula is C15H23N. The van der Waals surface area contributed by atoms with E-state index >= 15 is 0 Å². The Morgan fingerprint density at radius 3 is 2.81 bits per heavy atom. The van der Waals surface area contributed by atoms with Gasteiger partial charge in [0.15, 0.2) is 0 Å². The van der Waals surface area contributed by atoms with Gasteiger partial charge in [-0.15, -0.1) is 0 Å². The van der Waals surface area contributed by atoms with E-state index in [9.17, 15) is 0 Å². The van der Waals surface area contributed by atoms with Crippen molar-refractivity contribution in [3.05, 3.63) is 35.4 Å². The fourth-order valence-corrected chi connectivity index (χ4v) is 3.07. The summed E-state index contributed by atoms with van der Waals surface area (Å²) in [5.74, 6) is 1.56. The Morgan fingerprint density at radius 1 is 1.38 bits per heavy atom. The Hall–Kier alpha value is -0.820. The Kier molecular flexibility index (Phi) is 3.65. The molecular weight excluding hydrogens is 194 g/mol. The molecule has 1 nitrogen and oxygen atoms in total. The predicted octanol–water partition coefficient (Wildman–Crippen LogP) is 3.30. The Labute approximate surface area is 99.0 Å². The minimum absolute atomic E-state index is 0.347. The first-order valence-electron chi connectivity index (χ1n) is 6.48. The van der Waals surface area contributed by atoms with Crippen LogP contribution in [0.5, 0.6) is 0 Å². The van der Waals surface area contributed by atoms with Crippen LogP contribution in [0.15, 0.2) is 24.3 Å². The molecule has 1 aliphatic rings. The van der Waals surface area contributed by atoms with E-state index in [-0.39, 0.29) is 0 Å². The van der Waals surface area contributed by atoms with Crippen molar-refractivity contribution in [2.75, 3.05) is 0 Å². The van der Waals surface area contributed by atoms with Gasteiger partial charge in [0.25, 0.3) is 0 Å². The van der Waals surface area contributed by atoms with E-state index in [0.29, 0.717) is 6.04 Å². The summed E-state index contributed by atoms with van der Waals surface area (Å²) in [6.45, 7) is 4.50. The van der Waals surface area contributed by atoms with Crippen LogP contribution in [-0.4, -0.2) is 6.04 Å². The molecule has 1 aromatic rings. The van der Waals surface area contributed by atoms with Crippen molar-refractivity contribution in [2.45, 2.75) is 45.6 Å². The van der Waals surface area contributed by atoms with Gasteiger partial charge in [-0.2, -0.15) is 0 Å². The smallest absolute Gasteiger partial charge is 0.0110 e. The highest BCUT2D eigenvalue weighted by molar-refractivity contribution is 5.23. The molecule has 0 aromatic heterocycles. The third-order valence-corrected chi connectivity index (χ3v) is 4.03. The van der Waals surface area contributed by atoms with Gasteiger partial charge in [0, 0.05) is 6.04 Å². The van der Waals surface area contributed by atoms with Crippen LogP contribution in [0.25, 0.3) is 0 Å². The molecule has 88 valence electrons. The van der Waals surface area contributed by atoms with Gasteiger partial charge >= 0.3 is 0 Å². The first-order valence-corrected chi connectivity index (χ1v) is 6.48. The zero-order valence-corrected chi connectivity index (χ0v) is 10.4. The van der Waals surface area contributed by atoms with Crippen LogP contribution < -0.4 is 5.73 Å². The minimum atomic E-state index is 0.347. The van der Waals surface area contributed by atoms with E-state index in [0.717, 1.165) is 18.3 Å². The summed E-state index contributed by atoms with van der Waals surface area (Å²) in [5.41, 5.74) is 9.08. The number of hydrogen-bond donors (Lipinski definition) is 1. The molecule has 1 aromatic carbocycles. The lowest BCUT2D eigenvalue weighted by Gasteiger charge is -2.23. The van der Waals surface area contributed by atoms with Gasteiger partial charge in [-0.3, -0.25) is 0 Å². The lowest BCUT2D eigenvalue weighted by molar-refractivity contribution is 0.343. The van der Waals surface area contributed by atoms with E-state index in [2.05, 4.69) is 38.1 Å². The topological polar surface area (TPSA) is 26.0 Å². The molecule has 0 bridgehead atoms. The van der Waals surface area contributed by atoms with Crippen molar-refractivity contribution in [3.8, 4) is 0 Å². The van der Waals surface area contributed by atoms with Crippen LogP contribution in [0.4, 0.5) is 0 Å². The van der Waals surface area contributed by atoms with Gasteiger partial charge in [-0.05, 0) is 37.2 Å². The summed E-state index contributed by atoms with van der Waals surface area (Å²) in [4.78, 5) is 0. The van der Waals surface area contributed by atoms with Crippen LogP contribution in [0.1, 0.15) is 37.3 Å². The maximum absolute atomic E-state index is 6.35. The predicted molar refractivity (Wildman–Crippen MR) is 69.4 cm³/mol. The maximum atomic E-state index is 6.35. The largest absolute Gasteiger partial charge is 0.327 e. The van der Waals surface area contributed by atoms with E-state index in [4.69, 9.17) is 5.73 Å². The molecule has 1 heteroatoms. The number of aryl methyl sites for hydroxylation is 1. The third kappa shape index (κ3) is 2.65. The highest BCUT2D eigenvalue weighted by Gasteiger charge is 2.28. The summed E-state index contributed by atoms with van der Waals surface area (Å²) in [7, 11) is 0. The summed E-state index contributed by atoms with van der Waals surface area (Å²) in [6.07, 6.45) is 5.10. The van der Waals surface area contributed by atoms with Crippen LogP contribution in [0.3, 0.4) is 0 Å². The quantitative estimate of drug-likeness (QED) is 0.826. The third-order valence-electron chi connectivity index (χ3n) is 4.03. The summed E-state index contributed by atoms with van der Waals surface area (Å²) < 4.78 is 0. The van der Waals surface area contributed by atoms with Gasteiger partial charge < -0.3 is 5.73 Å². The van der Waals surface area contributed by atoms with E-state index in [1.54, 1.807) is 0 Å². The molecule has 1 aliphatic carbocycles. The molecule has 0 radical (unpaired) electrons. The molecule has 3 unspecified atom stereocenters. The lowest BCUT2D eigenvalue weighted by atomic mass is 9.87. The maximum Gasteiger partial charge on any atom is 0.0110 e. The van der Waals surface area contributed by atoms with Crippen LogP contribution in [0.2, 0.25) is 0 Å². The second-order valence-electron chi connectivity index (χ2n) is 5.43. The molecule has 16 heavy (non-hydrogen) atoms. The average Bonchev–Trinajstić information content (AvgIpc) is 2.64. The Morgan fingerprint density at radius 2 is 2.19 bits per heavy atom. The van der Waals surface area contributed by atoms with Gasteiger partial charge in [-0.25, -0.2) is 0 Å². The van der Waals surface area contributed by atoms with Crippen molar-refractivity contribution < 1.29 is 0 Å². The van der Waals surface area contributed by atoms with Crippen LogP contribution in [-0.2, 0) is 6.42 Å². The monoisotopic (exact) mass is 217 g/mol. The van der Waals surface area contributed by atoms with E-state index in [1.807, 2.05) is 0 Å². The second kappa shape index (κ2) is 5.01. The van der Waals surface area contributed by atoms with Gasteiger partial charge in [0.05, 0.1) is 0 Å². The average molecular weight is 217 g/mol. The number of hydrogen-bond acceptors (Lipinski definition) is 1. The molecule has 0 aliphatic heterocycles. The lowest BCUT2D eigenvalue weighted by Crippen LogP contribution is -2.33. The van der Waals surface area contributed by atoms with E-state index < -0.39 is 0 Å². The van der Waals surface area contributed by atoms with Crippen LogP contribution >= 0.6 is 0 Å². The highest BCUT2D eigenvalue weighted by Crippen LogP contribution is 2.33. The fraction of sp³-hybridized carbons (Fsp3) is 0.600. The molecule has 0 amide bonds. The Bertz CT molecular complexity index is 345.